The number of aliphatic hydroxyl groups is 1. The van der Waals surface area contributed by atoms with Gasteiger partial charge in [0.25, 0.3) is 0 Å². The lowest BCUT2D eigenvalue weighted by atomic mass is 9.62. The van der Waals surface area contributed by atoms with Gasteiger partial charge in [-0.05, 0) is 36.5 Å². The van der Waals surface area contributed by atoms with E-state index in [4.69, 9.17) is 0 Å². The van der Waals surface area contributed by atoms with Crippen molar-refractivity contribution in [3.05, 3.63) is 0 Å². The van der Waals surface area contributed by atoms with Gasteiger partial charge in [-0.2, -0.15) is 0 Å². The molecule has 4 bridgehead atoms. The van der Waals surface area contributed by atoms with Gasteiger partial charge in [0.15, 0.2) is 0 Å². The number of rotatable bonds is 1. The van der Waals surface area contributed by atoms with Crippen molar-refractivity contribution in [1.82, 2.24) is 4.90 Å². The van der Waals surface area contributed by atoms with Crippen LogP contribution in [0.25, 0.3) is 0 Å². The van der Waals surface area contributed by atoms with Gasteiger partial charge >= 0.3 is 0 Å². The van der Waals surface area contributed by atoms with Gasteiger partial charge in [-0.15, -0.1) is 0 Å². The van der Waals surface area contributed by atoms with Crippen LogP contribution in [0.1, 0.15) is 12.8 Å². The molecular weight excluding hydrogens is 150 g/mol. The Kier molecular flexibility index (Phi) is 1.50. The van der Waals surface area contributed by atoms with Crippen molar-refractivity contribution in [2.75, 3.05) is 26.2 Å². The van der Waals surface area contributed by atoms with E-state index in [1.165, 1.54) is 32.5 Å². The third-order valence-electron chi connectivity index (χ3n) is 4.20. The Balaban J connectivity index is 1.86. The molecule has 3 saturated heterocycles. The van der Waals surface area contributed by atoms with Gasteiger partial charge in [0.1, 0.15) is 0 Å². The molecule has 2 heteroatoms. The summed E-state index contributed by atoms with van der Waals surface area (Å²) in [6, 6.07) is 0. The summed E-state index contributed by atoms with van der Waals surface area (Å²) < 4.78 is 0. The third-order valence-corrected chi connectivity index (χ3v) is 4.20. The van der Waals surface area contributed by atoms with E-state index in [1.54, 1.807) is 0 Å². The first-order valence-electron chi connectivity index (χ1n) is 5.20. The van der Waals surface area contributed by atoms with E-state index in [0.29, 0.717) is 12.5 Å². The summed E-state index contributed by atoms with van der Waals surface area (Å²) in [6.07, 6.45) is 2.80. The van der Waals surface area contributed by atoms with Gasteiger partial charge in [-0.25, -0.2) is 0 Å². The Morgan fingerprint density at radius 3 is 2.25 bits per heavy atom. The summed E-state index contributed by atoms with van der Waals surface area (Å²) in [6.45, 7) is 4.34. The van der Waals surface area contributed by atoms with Crippen LogP contribution >= 0.6 is 0 Å². The standard InChI is InChI=1S/C10H17NO/c12-6-10-8-1-7-2-9(10)5-11(3-7)4-8/h7-10,12H,1-6H2/t7-,8-,9+,10-. The van der Waals surface area contributed by atoms with Crippen LogP contribution in [0.2, 0.25) is 0 Å². The predicted octanol–water partition coefficient (Wildman–Crippen LogP) is 0.567. The fraction of sp³-hybridized carbons (Fsp3) is 1.00. The average molecular weight is 167 g/mol. The molecule has 1 saturated carbocycles. The maximum Gasteiger partial charge on any atom is 0.0465 e. The minimum Gasteiger partial charge on any atom is -0.396 e. The van der Waals surface area contributed by atoms with E-state index >= 15 is 0 Å². The highest BCUT2D eigenvalue weighted by molar-refractivity contribution is 4.98. The molecule has 3 heterocycles. The fourth-order valence-electron chi connectivity index (χ4n) is 3.81. The minimum atomic E-state index is 0.440. The second kappa shape index (κ2) is 2.46. The SMILES string of the molecule is OC[C@@H]1[C@@H]2C[C@@H]3C[C@H]1CN(C3)C2. The lowest BCUT2D eigenvalue weighted by Crippen LogP contribution is -2.58. The van der Waals surface area contributed by atoms with E-state index in [1.807, 2.05) is 0 Å². The molecule has 2 nitrogen and oxygen atoms in total. The normalized spacial score (nSPS) is 56.2. The highest BCUT2D eigenvalue weighted by atomic mass is 16.3. The zero-order chi connectivity index (χ0) is 8.13. The van der Waals surface area contributed by atoms with Crippen molar-refractivity contribution in [1.29, 1.82) is 0 Å². The van der Waals surface area contributed by atoms with Crippen molar-refractivity contribution in [3.8, 4) is 0 Å². The molecule has 5 atom stereocenters. The van der Waals surface area contributed by atoms with Crippen molar-refractivity contribution >= 4 is 0 Å². The molecular formula is C10H17NO. The molecule has 1 N–H and O–H groups in total. The second-order valence-corrected chi connectivity index (χ2v) is 4.92. The maximum atomic E-state index is 9.28. The molecule has 4 rings (SSSR count). The number of piperidine rings is 3. The summed E-state index contributed by atoms with van der Waals surface area (Å²) in [4.78, 5) is 2.61. The Hall–Kier alpha value is -0.0800. The number of hydrogen-bond donors (Lipinski definition) is 1. The molecule has 0 spiro atoms. The van der Waals surface area contributed by atoms with Crippen LogP contribution < -0.4 is 0 Å². The molecule has 68 valence electrons. The van der Waals surface area contributed by atoms with Crippen LogP contribution in [0.5, 0.6) is 0 Å². The van der Waals surface area contributed by atoms with Crippen LogP contribution in [0, 0.1) is 23.7 Å². The zero-order valence-electron chi connectivity index (χ0n) is 7.45. The Labute approximate surface area is 73.6 Å². The van der Waals surface area contributed by atoms with Crippen LogP contribution in [-0.2, 0) is 0 Å². The lowest BCUT2D eigenvalue weighted by Gasteiger charge is -2.55. The third kappa shape index (κ3) is 0.882. The van der Waals surface area contributed by atoms with Crippen molar-refractivity contribution in [3.63, 3.8) is 0 Å². The lowest BCUT2D eigenvalue weighted by molar-refractivity contribution is -0.0802. The first kappa shape index (κ1) is 7.34. The smallest absolute Gasteiger partial charge is 0.0465 e. The van der Waals surface area contributed by atoms with Gasteiger partial charge in [0, 0.05) is 26.2 Å². The summed E-state index contributed by atoms with van der Waals surface area (Å²) in [5.74, 6) is 3.30. The number of aliphatic hydroxyl groups excluding tert-OH is 1. The molecule has 1 unspecified atom stereocenters. The van der Waals surface area contributed by atoms with Gasteiger partial charge < -0.3 is 10.0 Å². The predicted molar refractivity (Wildman–Crippen MR) is 46.7 cm³/mol. The van der Waals surface area contributed by atoms with E-state index in [-0.39, 0.29) is 0 Å². The first-order valence-corrected chi connectivity index (χ1v) is 5.20. The van der Waals surface area contributed by atoms with Crippen molar-refractivity contribution in [2.24, 2.45) is 23.7 Å². The van der Waals surface area contributed by atoms with E-state index in [2.05, 4.69) is 4.90 Å². The first-order chi connectivity index (χ1) is 5.86. The number of nitrogens with zero attached hydrogens (tertiary/aromatic N) is 1. The quantitative estimate of drug-likeness (QED) is 0.617. The van der Waals surface area contributed by atoms with Gasteiger partial charge in [-0.3, -0.25) is 0 Å². The Morgan fingerprint density at radius 1 is 1.08 bits per heavy atom. The molecule has 3 aliphatic heterocycles. The maximum absolute atomic E-state index is 9.28. The van der Waals surface area contributed by atoms with E-state index in [9.17, 15) is 5.11 Å². The highest BCUT2D eigenvalue weighted by Crippen LogP contribution is 2.46. The van der Waals surface area contributed by atoms with E-state index in [0.717, 1.165) is 17.8 Å². The molecule has 0 aromatic rings. The van der Waals surface area contributed by atoms with Crippen LogP contribution in [0.15, 0.2) is 0 Å². The molecule has 12 heavy (non-hydrogen) atoms. The van der Waals surface area contributed by atoms with Crippen LogP contribution in [0.4, 0.5) is 0 Å². The fourth-order valence-corrected chi connectivity index (χ4v) is 3.81. The van der Waals surface area contributed by atoms with E-state index < -0.39 is 0 Å². The second-order valence-electron chi connectivity index (χ2n) is 4.92. The molecule has 0 amide bonds. The summed E-state index contributed by atoms with van der Waals surface area (Å²) in [5, 5.41) is 9.28. The largest absolute Gasteiger partial charge is 0.396 e. The molecule has 4 fully saturated rings. The van der Waals surface area contributed by atoms with Crippen molar-refractivity contribution in [2.45, 2.75) is 12.8 Å². The highest BCUT2D eigenvalue weighted by Gasteiger charge is 2.46. The van der Waals surface area contributed by atoms with Gasteiger partial charge in [-0.1, -0.05) is 0 Å². The zero-order valence-corrected chi connectivity index (χ0v) is 7.45. The van der Waals surface area contributed by atoms with Crippen molar-refractivity contribution < 1.29 is 5.11 Å². The van der Waals surface area contributed by atoms with Gasteiger partial charge in [0.05, 0.1) is 0 Å². The molecule has 0 radical (unpaired) electrons. The molecule has 0 aromatic heterocycles. The summed E-state index contributed by atoms with van der Waals surface area (Å²) in [7, 11) is 0. The molecule has 1 aliphatic carbocycles. The topological polar surface area (TPSA) is 23.5 Å². The summed E-state index contributed by atoms with van der Waals surface area (Å²) >= 11 is 0. The van der Waals surface area contributed by atoms with Crippen LogP contribution in [-0.4, -0.2) is 36.2 Å². The monoisotopic (exact) mass is 167 g/mol. The molecule has 4 aliphatic rings. The Bertz CT molecular complexity index is 164. The minimum absolute atomic E-state index is 0.440. The number of hydrogen-bond acceptors (Lipinski definition) is 2. The van der Waals surface area contributed by atoms with Gasteiger partial charge in [0.2, 0.25) is 0 Å². The summed E-state index contributed by atoms with van der Waals surface area (Å²) in [5.41, 5.74) is 0. The molecule has 0 aromatic carbocycles. The van der Waals surface area contributed by atoms with Crippen LogP contribution in [0.3, 0.4) is 0 Å². The average Bonchev–Trinajstić information content (AvgIpc) is 2.02. The Morgan fingerprint density at radius 2 is 1.75 bits per heavy atom.